The molecule has 0 spiro atoms. The Bertz CT molecular complexity index is 775. The fourth-order valence-electron chi connectivity index (χ4n) is 4.36. The summed E-state index contributed by atoms with van der Waals surface area (Å²) < 4.78 is 5.51. The van der Waals surface area contributed by atoms with Crippen LogP contribution in [0.5, 0.6) is 0 Å². The number of esters is 1. The molecule has 1 heterocycles. The van der Waals surface area contributed by atoms with Gasteiger partial charge < -0.3 is 4.74 Å². The summed E-state index contributed by atoms with van der Waals surface area (Å²) in [4.78, 5) is 12.3. The summed E-state index contributed by atoms with van der Waals surface area (Å²) in [6.07, 6.45) is 0. The minimum absolute atomic E-state index is 0.0298. The average Bonchev–Trinajstić information content (AvgIpc) is 3.04. The second-order valence-corrected chi connectivity index (χ2v) is 6.93. The molecule has 0 aromatic heterocycles. The van der Waals surface area contributed by atoms with Crippen molar-refractivity contribution < 1.29 is 9.53 Å². The molecular weight excluding hydrogens is 320 g/mol. The van der Waals surface area contributed by atoms with E-state index in [1.54, 1.807) is 0 Å². The van der Waals surface area contributed by atoms with Crippen LogP contribution in [0.2, 0.25) is 0 Å². The van der Waals surface area contributed by atoms with Gasteiger partial charge >= 0.3 is 5.97 Å². The Balaban J connectivity index is 2.06. The molecule has 0 aliphatic carbocycles. The maximum atomic E-state index is 12.3. The molecule has 1 fully saturated rings. The van der Waals surface area contributed by atoms with Gasteiger partial charge in [0.1, 0.15) is 0 Å². The van der Waals surface area contributed by atoms with Crippen LogP contribution in [0.1, 0.15) is 23.6 Å². The number of benzene rings is 3. The van der Waals surface area contributed by atoms with E-state index in [1.165, 1.54) is 16.7 Å². The first kappa shape index (κ1) is 16.6. The molecule has 4 rings (SSSR count). The van der Waals surface area contributed by atoms with Crippen LogP contribution in [0, 0.1) is 11.8 Å². The first-order chi connectivity index (χ1) is 12.7. The summed E-state index contributed by atoms with van der Waals surface area (Å²) >= 11 is 0. The average molecular weight is 342 g/mol. The van der Waals surface area contributed by atoms with Crippen LogP contribution in [-0.4, -0.2) is 12.6 Å². The summed E-state index contributed by atoms with van der Waals surface area (Å²) in [6.45, 7) is 2.42. The first-order valence-electron chi connectivity index (χ1n) is 9.08. The van der Waals surface area contributed by atoms with Crippen LogP contribution in [0.25, 0.3) is 0 Å². The summed E-state index contributed by atoms with van der Waals surface area (Å²) in [5, 5.41) is 0. The third-order valence-corrected chi connectivity index (χ3v) is 5.62. The topological polar surface area (TPSA) is 26.3 Å². The quantitative estimate of drug-likeness (QED) is 0.501. The van der Waals surface area contributed by atoms with E-state index in [0.717, 1.165) is 0 Å². The Kier molecular flexibility index (Phi) is 4.34. The molecule has 0 bridgehead atoms. The fourth-order valence-corrected chi connectivity index (χ4v) is 4.36. The second kappa shape index (κ2) is 6.80. The number of ether oxygens (including phenoxy) is 1. The van der Waals surface area contributed by atoms with Gasteiger partial charge in [0.05, 0.1) is 17.9 Å². The van der Waals surface area contributed by atoms with Gasteiger partial charge in [0, 0.05) is 5.92 Å². The highest BCUT2D eigenvalue weighted by atomic mass is 16.5. The molecule has 1 saturated heterocycles. The molecule has 130 valence electrons. The predicted molar refractivity (Wildman–Crippen MR) is 103 cm³/mol. The molecule has 0 radical (unpaired) electrons. The molecule has 1 aliphatic rings. The summed E-state index contributed by atoms with van der Waals surface area (Å²) in [5.74, 6) is -0.250. The zero-order valence-corrected chi connectivity index (χ0v) is 14.8. The van der Waals surface area contributed by atoms with Gasteiger partial charge in [-0.15, -0.1) is 0 Å². The highest BCUT2D eigenvalue weighted by Crippen LogP contribution is 2.50. The van der Waals surface area contributed by atoms with E-state index in [9.17, 15) is 4.79 Å². The van der Waals surface area contributed by atoms with E-state index >= 15 is 0 Å². The molecule has 2 nitrogen and oxygen atoms in total. The lowest BCUT2D eigenvalue weighted by Gasteiger charge is -2.41. The smallest absolute Gasteiger partial charge is 0.309 e. The third-order valence-electron chi connectivity index (χ3n) is 5.62. The van der Waals surface area contributed by atoms with Gasteiger partial charge in [-0.25, -0.2) is 0 Å². The van der Waals surface area contributed by atoms with Crippen molar-refractivity contribution in [3.63, 3.8) is 0 Å². The van der Waals surface area contributed by atoms with Gasteiger partial charge in [-0.05, 0) is 16.7 Å². The van der Waals surface area contributed by atoms with Gasteiger partial charge in [0.15, 0.2) is 0 Å². The van der Waals surface area contributed by atoms with Crippen molar-refractivity contribution in [1.82, 2.24) is 0 Å². The van der Waals surface area contributed by atoms with E-state index in [1.807, 2.05) is 25.1 Å². The van der Waals surface area contributed by atoms with Crippen LogP contribution >= 0.6 is 0 Å². The highest BCUT2D eigenvalue weighted by Gasteiger charge is 2.51. The zero-order valence-electron chi connectivity index (χ0n) is 14.8. The Labute approximate surface area is 154 Å². The van der Waals surface area contributed by atoms with Crippen LogP contribution in [-0.2, 0) is 14.9 Å². The normalized spacial score (nSPS) is 20.0. The highest BCUT2D eigenvalue weighted by molar-refractivity contribution is 5.75. The number of hydrogen-bond acceptors (Lipinski definition) is 2. The van der Waals surface area contributed by atoms with Gasteiger partial charge in [0.25, 0.3) is 0 Å². The molecule has 2 unspecified atom stereocenters. The summed E-state index contributed by atoms with van der Waals surface area (Å²) in [5.41, 5.74) is 3.13. The first-order valence-corrected chi connectivity index (χ1v) is 9.08. The van der Waals surface area contributed by atoms with Crippen LogP contribution < -0.4 is 0 Å². The second-order valence-electron chi connectivity index (χ2n) is 6.93. The lowest BCUT2D eigenvalue weighted by molar-refractivity contribution is -0.140. The van der Waals surface area contributed by atoms with Crippen LogP contribution in [0.3, 0.4) is 0 Å². The molecule has 3 aromatic rings. The Morgan fingerprint density at radius 2 is 1.12 bits per heavy atom. The molecule has 0 saturated carbocycles. The van der Waals surface area contributed by atoms with Gasteiger partial charge in [-0.1, -0.05) is 97.9 Å². The van der Waals surface area contributed by atoms with Gasteiger partial charge in [-0.3, -0.25) is 4.79 Å². The van der Waals surface area contributed by atoms with Gasteiger partial charge in [0.2, 0.25) is 0 Å². The maximum absolute atomic E-state index is 12.3. The number of hydrogen-bond donors (Lipinski definition) is 0. The number of rotatable bonds is 4. The third kappa shape index (κ3) is 2.53. The van der Waals surface area contributed by atoms with E-state index < -0.39 is 5.41 Å². The monoisotopic (exact) mass is 342 g/mol. The largest absolute Gasteiger partial charge is 0.465 e. The SMILES string of the molecule is CC1C(=O)OCC1C(c1ccccc1)(c1ccccc1)c1ccccc1. The van der Waals surface area contributed by atoms with E-state index in [2.05, 4.69) is 72.8 Å². The molecule has 1 aliphatic heterocycles. The van der Waals surface area contributed by atoms with Crippen molar-refractivity contribution in [3.8, 4) is 0 Å². The Morgan fingerprint density at radius 3 is 1.42 bits per heavy atom. The predicted octanol–water partition coefficient (Wildman–Crippen LogP) is 4.83. The van der Waals surface area contributed by atoms with Crippen molar-refractivity contribution in [1.29, 1.82) is 0 Å². The maximum Gasteiger partial charge on any atom is 0.309 e. The van der Waals surface area contributed by atoms with E-state index in [4.69, 9.17) is 4.74 Å². The summed E-state index contributed by atoms with van der Waals surface area (Å²) in [6, 6.07) is 31.5. The van der Waals surface area contributed by atoms with Gasteiger partial charge in [-0.2, -0.15) is 0 Å². The minimum atomic E-state index is -0.435. The molecular formula is C24H22O2. The van der Waals surface area contributed by atoms with Crippen LogP contribution in [0.4, 0.5) is 0 Å². The van der Waals surface area contributed by atoms with Crippen LogP contribution in [0.15, 0.2) is 91.0 Å². The van der Waals surface area contributed by atoms with Crippen molar-refractivity contribution in [3.05, 3.63) is 108 Å². The molecule has 2 heteroatoms. The lowest BCUT2D eigenvalue weighted by atomic mass is 9.59. The molecule has 0 amide bonds. The standard InChI is InChI=1S/C24H22O2/c1-18-22(17-26-23(18)25)24(19-11-5-2-6-12-19,20-13-7-3-8-14-20)21-15-9-4-10-16-21/h2-16,18,22H,17H2,1H3. The van der Waals surface area contributed by atoms with Crippen molar-refractivity contribution in [2.45, 2.75) is 12.3 Å². The molecule has 26 heavy (non-hydrogen) atoms. The molecule has 0 N–H and O–H groups in total. The number of cyclic esters (lactones) is 1. The Morgan fingerprint density at radius 1 is 0.731 bits per heavy atom. The molecule has 2 atom stereocenters. The van der Waals surface area contributed by atoms with E-state index in [0.29, 0.717) is 6.61 Å². The number of carbonyl (C=O) groups excluding carboxylic acids is 1. The lowest BCUT2D eigenvalue weighted by Crippen LogP contribution is -2.41. The van der Waals surface area contributed by atoms with Crippen molar-refractivity contribution >= 4 is 5.97 Å². The minimum Gasteiger partial charge on any atom is -0.465 e. The molecule has 3 aromatic carbocycles. The summed E-state index contributed by atoms with van der Waals surface area (Å²) in [7, 11) is 0. The van der Waals surface area contributed by atoms with E-state index in [-0.39, 0.29) is 17.8 Å². The van der Waals surface area contributed by atoms with Crippen molar-refractivity contribution in [2.24, 2.45) is 11.8 Å². The van der Waals surface area contributed by atoms with Crippen molar-refractivity contribution in [2.75, 3.05) is 6.61 Å². The number of carbonyl (C=O) groups is 1. The Hall–Kier alpha value is -2.87. The fraction of sp³-hybridized carbons (Fsp3) is 0.208. The zero-order chi connectivity index (χ0) is 18.0.